The summed E-state index contributed by atoms with van der Waals surface area (Å²) < 4.78 is 13.6. The van der Waals surface area contributed by atoms with E-state index < -0.39 is 0 Å². The molecule has 0 spiro atoms. The zero-order valence-corrected chi connectivity index (χ0v) is 11.3. The van der Waals surface area contributed by atoms with Crippen LogP contribution in [0.4, 0.5) is 4.39 Å². The summed E-state index contributed by atoms with van der Waals surface area (Å²) in [5.41, 5.74) is 3.03. The van der Waals surface area contributed by atoms with Crippen molar-refractivity contribution in [3.05, 3.63) is 70.0 Å². The highest BCUT2D eigenvalue weighted by atomic mass is 35.5. The van der Waals surface area contributed by atoms with Gasteiger partial charge in [-0.25, -0.2) is 4.39 Å². The van der Waals surface area contributed by atoms with Gasteiger partial charge in [0.1, 0.15) is 5.82 Å². The quantitative estimate of drug-likeness (QED) is 0.883. The molecule has 0 saturated heterocycles. The maximum atomic E-state index is 13.6. The normalized spacial score (nSPS) is 17.5. The fraction of sp³-hybridized carbons (Fsp3) is 0.250. The van der Waals surface area contributed by atoms with Crippen molar-refractivity contribution in [2.75, 3.05) is 0 Å². The van der Waals surface area contributed by atoms with Crippen LogP contribution in [0.2, 0.25) is 5.02 Å². The van der Waals surface area contributed by atoms with E-state index >= 15 is 0 Å². The molecule has 2 aromatic carbocycles. The Bertz CT molecular complexity index is 597. The van der Waals surface area contributed by atoms with Crippen molar-refractivity contribution in [3.8, 4) is 0 Å². The van der Waals surface area contributed by atoms with Gasteiger partial charge in [-0.3, -0.25) is 0 Å². The molecule has 1 N–H and O–H groups in total. The zero-order valence-electron chi connectivity index (χ0n) is 10.5. The van der Waals surface area contributed by atoms with Gasteiger partial charge in [0.2, 0.25) is 0 Å². The SMILES string of the molecule is Fc1cccc2c1CCC2NCc1ccccc1Cl. The van der Waals surface area contributed by atoms with Crippen LogP contribution in [0.25, 0.3) is 0 Å². The van der Waals surface area contributed by atoms with Crippen LogP contribution in [0, 0.1) is 5.82 Å². The molecular weight excluding hydrogens is 261 g/mol. The van der Waals surface area contributed by atoms with Gasteiger partial charge in [-0.1, -0.05) is 41.9 Å². The third-order valence-electron chi connectivity index (χ3n) is 3.71. The van der Waals surface area contributed by atoms with Gasteiger partial charge in [-0.2, -0.15) is 0 Å². The highest BCUT2D eigenvalue weighted by Crippen LogP contribution is 2.33. The molecule has 1 unspecified atom stereocenters. The molecule has 19 heavy (non-hydrogen) atoms. The second-order valence-electron chi connectivity index (χ2n) is 4.87. The Balaban J connectivity index is 1.74. The molecule has 0 aromatic heterocycles. The maximum absolute atomic E-state index is 13.6. The second-order valence-corrected chi connectivity index (χ2v) is 5.28. The monoisotopic (exact) mass is 275 g/mol. The summed E-state index contributed by atoms with van der Waals surface area (Å²) in [4.78, 5) is 0. The minimum atomic E-state index is -0.0838. The number of rotatable bonds is 3. The Hall–Kier alpha value is -1.38. The van der Waals surface area contributed by atoms with Crippen LogP contribution < -0.4 is 5.32 Å². The molecule has 0 fully saturated rings. The lowest BCUT2D eigenvalue weighted by atomic mass is 10.1. The van der Waals surface area contributed by atoms with Crippen LogP contribution in [0.3, 0.4) is 0 Å². The van der Waals surface area contributed by atoms with Crippen LogP contribution in [-0.2, 0) is 13.0 Å². The Labute approximate surface area is 117 Å². The van der Waals surface area contributed by atoms with Gasteiger partial charge in [0.25, 0.3) is 0 Å². The predicted octanol–water partition coefficient (Wildman–Crippen LogP) is 4.26. The number of hydrogen-bond acceptors (Lipinski definition) is 1. The first-order valence-electron chi connectivity index (χ1n) is 6.50. The van der Waals surface area contributed by atoms with Gasteiger partial charge in [0, 0.05) is 17.6 Å². The fourth-order valence-electron chi connectivity index (χ4n) is 2.70. The van der Waals surface area contributed by atoms with E-state index in [9.17, 15) is 4.39 Å². The average Bonchev–Trinajstić information content (AvgIpc) is 2.83. The van der Waals surface area contributed by atoms with E-state index in [4.69, 9.17) is 11.6 Å². The summed E-state index contributed by atoms with van der Waals surface area (Å²) in [5.74, 6) is -0.0838. The van der Waals surface area contributed by atoms with Gasteiger partial charge in [-0.15, -0.1) is 0 Å². The number of fused-ring (bicyclic) bond motifs is 1. The molecule has 1 nitrogen and oxygen atoms in total. The topological polar surface area (TPSA) is 12.0 Å². The molecule has 2 aromatic rings. The van der Waals surface area contributed by atoms with Crippen molar-refractivity contribution in [2.45, 2.75) is 25.4 Å². The fourth-order valence-corrected chi connectivity index (χ4v) is 2.90. The number of hydrogen-bond donors (Lipinski definition) is 1. The Kier molecular flexibility index (Phi) is 3.54. The van der Waals surface area contributed by atoms with Crippen LogP contribution >= 0.6 is 11.6 Å². The van der Waals surface area contributed by atoms with Crippen molar-refractivity contribution in [3.63, 3.8) is 0 Å². The average molecular weight is 276 g/mol. The molecule has 3 rings (SSSR count). The molecule has 0 amide bonds. The molecule has 0 heterocycles. The van der Waals surface area contributed by atoms with Gasteiger partial charge >= 0.3 is 0 Å². The van der Waals surface area contributed by atoms with Crippen molar-refractivity contribution in [1.29, 1.82) is 0 Å². The zero-order chi connectivity index (χ0) is 13.2. The molecule has 98 valence electrons. The van der Waals surface area contributed by atoms with Gasteiger partial charge in [0.15, 0.2) is 0 Å². The Morgan fingerprint density at radius 3 is 2.84 bits per heavy atom. The summed E-state index contributed by atoms with van der Waals surface area (Å²) in [6.07, 6.45) is 1.75. The molecule has 0 saturated carbocycles. The molecular formula is C16H15ClFN. The van der Waals surface area contributed by atoms with Crippen LogP contribution in [0.1, 0.15) is 29.2 Å². The lowest BCUT2D eigenvalue weighted by molar-refractivity contribution is 0.530. The molecule has 1 aliphatic rings. The Morgan fingerprint density at radius 1 is 1.16 bits per heavy atom. The summed E-state index contributed by atoms with van der Waals surface area (Å²) in [6.45, 7) is 0.709. The van der Waals surface area contributed by atoms with E-state index in [0.717, 1.165) is 34.6 Å². The van der Waals surface area contributed by atoms with Gasteiger partial charge < -0.3 is 5.32 Å². The highest BCUT2D eigenvalue weighted by molar-refractivity contribution is 6.31. The third kappa shape index (κ3) is 2.51. The first-order valence-corrected chi connectivity index (χ1v) is 6.87. The molecule has 0 aliphatic heterocycles. The lowest BCUT2D eigenvalue weighted by Gasteiger charge is -2.14. The van der Waals surface area contributed by atoms with Crippen LogP contribution in [-0.4, -0.2) is 0 Å². The van der Waals surface area contributed by atoms with Crippen LogP contribution in [0.5, 0.6) is 0 Å². The molecule has 1 aliphatic carbocycles. The van der Waals surface area contributed by atoms with E-state index in [1.165, 1.54) is 6.07 Å². The van der Waals surface area contributed by atoms with E-state index in [-0.39, 0.29) is 11.9 Å². The largest absolute Gasteiger partial charge is 0.306 e. The predicted molar refractivity (Wildman–Crippen MR) is 75.8 cm³/mol. The Morgan fingerprint density at radius 2 is 2.00 bits per heavy atom. The molecule has 1 atom stereocenters. The first kappa shape index (κ1) is 12.6. The van der Waals surface area contributed by atoms with Crippen molar-refractivity contribution in [1.82, 2.24) is 5.32 Å². The van der Waals surface area contributed by atoms with E-state index in [1.54, 1.807) is 6.07 Å². The minimum absolute atomic E-state index is 0.0838. The highest BCUT2D eigenvalue weighted by Gasteiger charge is 2.24. The van der Waals surface area contributed by atoms with Gasteiger partial charge in [-0.05, 0) is 41.7 Å². The van der Waals surface area contributed by atoms with Crippen molar-refractivity contribution < 1.29 is 4.39 Å². The van der Waals surface area contributed by atoms with E-state index in [0.29, 0.717) is 6.54 Å². The molecule has 3 heteroatoms. The lowest BCUT2D eigenvalue weighted by Crippen LogP contribution is -2.18. The standard InChI is InChI=1S/C16H15ClFN/c17-14-6-2-1-4-11(14)10-19-16-9-8-12-13(16)5-3-7-15(12)18/h1-7,16,19H,8-10H2. The van der Waals surface area contributed by atoms with Crippen molar-refractivity contribution in [2.24, 2.45) is 0 Å². The molecule has 0 radical (unpaired) electrons. The van der Waals surface area contributed by atoms with Crippen molar-refractivity contribution >= 4 is 11.6 Å². The number of halogens is 2. The summed E-state index contributed by atoms with van der Waals surface area (Å²) in [5, 5.41) is 4.24. The van der Waals surface area contributed by atoms with Gasteiger partial charge in [0.05, 0.1) is 0 Å². The molecule has 0 bridgehead atoms. The minimum Gasteiger partial charge on any atom is -0.306 e. The van der Waals surface area contributed by atoms with E-state index in [2.05, 4.69) is 5.32 Å². The smallest absolute Gasteiger partial charge is 0.126 e. The summed E-state index contributed by atoms with van der Waals surface area (Å²) >= 11 is 6.14. The first-order chi connectivity index (χ1) is 9.25. The summed E-state index contributed by atoms with van der Waals surface area (Å²) in [6, 6.07) is 13.4. The summed E-state index contributed by atoms with van der Waals surface area (Å²) in [7, 11) is 0. The third-order valence-corrected chi connectivity index (χ3v) is 4.08. The van der Waals surface area contributed by atoms with E-state index in [1.807, 2.05) is 30.3 Å². The number of nitrogens with one attached hydrogen (secondary N) is 1. The second kappa shape index (κ2) is 5.32. The van der Waals surface area contributed by atoms with Crippen LogP contribution in [0.15, 0.2) is 42.5 Å². The maximum Gasteiger partial charge on any atom is 0.126 e. The number of benzene rings is 2.